The van der Waals surface area contributed by atoms with Gasteiger partial charge < -0.3 is 5.11 Å². The SMILES string of the molecule is C=C(CO)C1CCC2C3C[C@@H]4SC[C@@]5(CCC(=O)C=C45)C3CC[C@]12C. The number of carbonyl (C=O) groups excluding carboxylic acids is 1. The second kappa shape index (κ2) is 5.48. The van der Waals surface area contributed by atoms with E-state index >= 15 is 0 Å². The molecule has 0 radical (unpaired) electrons. The third kappa shape index (κ3) is 2.06. The molecule has 7 atom stereocenters. The second-order valence-electron chi connectivity index (χ2n) is 9.63. The van der Waals surface area contributed by atoms with E-state index in [0.29, 0.717) is 27.8 Å². The summed E-state index contributed by atoms with van der Waals surface area (Å²) in [5, 5.41) is 10.3. The first-order valence-electron chi connectivity index (χ1n) is 10.1. The Hall–Kier alpha value is -0.540. The zero-order valence-electron chi connectivity index (χ0n) is 15.3. The van der Waals surface area contributed by atoms with E-state index in [1.165, 1.54) is 43.4 Å². The van der Waals surface area contributed by atoms with Crippen molar-refractivity contribution >= 4 is 17.5 Å². The molecule has 4 unspecified atom stereocenters. The van der Waals surface area contributed by atoms with Crippen LogP contribution in [0.5, 0.6) is 0 Å². The van der Waals surface area contributed by atoms with E-state index in [0.717, 1.165) is 36.2 Å². The lowest BCUT2D eigenvalue weighted by Gasteiger charge is -2.57. The van der Waals surface area contributed by atoms with Gasteiger partial charge >= 0.3 is 0 Å². The maximum Gasteiger partial charge on any atom is 0.155 e. The molecule has 1 N–H and O–H groups in total. The summed E-state index contributed by atoms with van der Waals surface area (Å²) in [6.45, 7) is 6.86. The molecule has 0 spiro atoms. The number of hydrogen-bond acceptors (Lipinski definition) is 3. The largest absolute Gasteiger partial charge is 0.392 e. The van der Waals surface area contributed by atoms with Crippen LogP contribution in [-0.2, 0) is 4.79 Å². The number of carbonyl (C=O) groups is 1. The third-order valence-electron chi connectivity index (χ3n) is 8.93. The molecule has 4 fully saturated rings. The molecular weight excluding hydrogens is 328 g/mol. The average Bonchev–Trinajstić information content (AvgIpc) is 3.08. The van der Waals surface area contributed by atoms with Crippen LogP contribution >= 0.6 is 11.8 Å². The van der Waals surface area contributed by atoms with Gasteiger partial charge in [0.25, 0.3) is 0 Å². The summed E-state index contributed by atoms with van der Waals surface area (Å²) >= 11 is 2.14. The number of ketones is 1. The Bertz CT molecular complexity index is 667. The summed E-state index contributed by atoms with van der Waals surface area (Å²) in [7, 11) is 0. The highest BCUT2D eigenvalue weighted by atomic mass is 32.2. The van der Waals surface area contributed by atoms with Crippen molar-refractivity contribution in [2.75, 3.05) is 12.4 Å². The van der Waals surface area contributed by atoms with Gasteiger partial charge in [0.2, 0.25) is 0 Å². The Morgan fingerprint density at radius 3 is 2.96 bits per heavy atom. The molecule has 1 aliphatic heterocycles. The first-order chi connectivity index (χ1) is 12.0. The second-order valence-corrected chi connectivity index (χ2v) is 10.8. The maximum absolute atomic E-state index is 12.1. The maximum atomic E-state index is 12.1. The van der Waals surface area contributed by atoms with E-state index in [1.54, 1.807) is 0 Å². The summed E-state index contributed by atoms with van der Waals surface area (Å²) < 4.78 is 0. The Labute approximate surface area is 155 Å². The molecule has 0 amide bonds. The van der Waals surface area contributed by atoms with Gasteiger partial charge in [0, 0.05) is 22.8 Å². The highest BCUT2D eigenvalue weighted by Crippen LogP contribution is 2.71. The minimum absolute atomic E-state index is 0.151. The van der Waals surface area contributed by atoms with Crippen LogP contribution in [0.1, 0.15) is 51.9 Å². The van der Waals surface area contributed by atoms with Crippen molar-refractivity contribution in [1.29, 1.82) is 0 Å². The molecule has 0 aromatic carbocycles. The van der Waals surface area contributed by atoms with Crippen LogP contribution in [0.25, 0.3) is 0 Å². The Kier molecular flexibility index (Phi) is 3.64. The van der Waals surface area contributed by atoms with Crippen molar-refractivity contribution in [3.8, 4) is 0 Å². The monoisotopic (exact) mass is 358 g/mol. The van der Waals surface area contributed by atoms with Gasteiger partial charge in [-0.15, -0.1) is 0 Å². The van der Waals surface area contributed by atoms with Gasteiger partial charge in [0.1, 0.15) is 0 Å². The van der Waals surface area contributed by atoms with Crippen molar-refractivity contribution in [3.05, 3.63) is 23.8 Å². The Balaban J connectivity index is 1.51. The first kappa shape index (κ1) is 16.6. The number of aliphatic hydroxyl groups is 1. The molecular formula is C22H30O2S. The van der Waals surface area contributed by atoms with Gasteiger partial charge in [-0.2, -0.15) is 11.8 Å². The molecule has 136 valence electrons. The molecule has 3 saturated carbocycles. The Morgan fingerprint density at radius 1 is 1.32 bits per heavy atom. The summed E-state index contributed by atoms with van der Waals surface area (Å²) in [6, 6.07) is 0. The number of hydrogen-bond donors (Lipinski definition) is 1. The summed E-state index contributed by atoms with van der Waals surface area (Å²) in [6.07, 6.45) is 10.3. The molecule has 1 saturated heterocycles. The summed E-state index contributed by atoms with van der Waals surface area (Å²) in [5.74, 6) is 4.54. The summed E-state index contributed by atoms with van der Waals surface area (Å²) in [5.41, 5.74) is 3.29. The molecule has 5 aliphatic rings. The third-order valence-corrected chi connectivity index (χ3v) is 10.5. The lowest BCUT2D eigenvalue weighted by molar-refractivity contribution is -0.117. The van der Waals surface area contributed by atoms with Gasteiger partial charge in [-0.3, -0.25) is 4.79 Å². The fourth-order valence-corrected chi connectivity index (χ4v) is 9.68. The van der Waals surface area contributed by atoms with Crippen LogP contribution in [-0.4, -0.2) is 28.5 Å². The lowest BCUT2D eigenvalue weighted by Crippen LogP contribution is -2.52. The van der Waals surface area contributed by atoms with E-state index in [9.17, 15) is 9.90 Å². The molecule has 3 heteroatoms. The van der Waals surface area contributed by atoms with E-state index in [-0.39, 0.29) is 6.61 Å². The van der Waals surface area contributed by atoms with E-state index < -0.39 is 0 Å². The molecule has 25 heavy (non-hydrogen) atoms. The van der Waals surface area contributed by atoms with Crippen LogP contribution < -0.4 is 0 Å². The van der Waals surface area contributed by atoms with E-state index in [1.807, 2.05) is 0 Å². The summed E-state index contributed by atoms with van der Waals surface area (Å²) in [4.78, 5) is 12.1. The predicted octanol–water partition coefficient (Wildman–Crippen LogP) is 4.39. The minimum atomic E-state index is 0.151. The normalized spacial score (nSPS) is 50.7. The molecule has 4 aliphatic carbocycles. The van der Waals surface area contributed by atoms with Gasteiger partial charge in [0.05, 0.1) is 6.61 Å². The van der Waals surface area contributed by atoms with Crippen LogP contribution in [0.15, 0.2) is 23.8 Å². The molecule has 1 heterocycles. The topological polar surface area (TPSA) is 37.3 Å². The number of rotatable bonds is 2. The van der Waals surface area contributed by atoms with Crippen molar-refractivity contribution in [3.63, 3.8) is 0 Å². The van der Waals surface area contributed by atoms with Crippen molar-refractivity contribution in [2.45, 2.75) is 57.1 Å². The van der Waals surface area contributed by atoms with Crippen LogP contribution in [0.2, 0.25) is 0 Å². The fraction of sp³-hybridized carbons (Fsp3) is 0.773. The van der Waals surface area contributed by atoms with E-state index in [2.05, 4.69) is 31.3 Å². The highest BCUT2D eigenvalue weighted by molar-refractivity contribution is 8.00. The van der Waals surface area contributed by atoms with Gasteiger partial charge in [-0.1, -0.05) is 13.5 Å². The molecule has 0 aromatic heterocycles. The molecule has 2 nitrogen and oxygen atoms in total. The Morgan fingerprint density at radius 2 is 2.16 bits per heavy atom. The quantitative estimate of drug-likeness (QED) is 0.744. The highest BCUT2D eigenvalue weighted by Gasteiger charge is 2.64. The lowest BCUT2D eigenvalue weighted by atomic mass is 9.46. The zero-order chi connectivity index (χ0) is 17.4. The van der Waals surface area contributed by atoms with Gasteiger partial charge in [-0.25, -0.2) is 0 Å². The number of fused-ring (bicyclic) bond motifs is 3. The minimum Gasteiger partial charge on any atom is -0.392 e. The average molecular weight is 359 g/mol. The van der Waals surface area contributed by atoms with Gasteiger partial charge in [0.15, 0.2) is 5.78 Å². The fourth-order valence-electron chi connectivity index (χ4n) is 7.82. The molecule has 0 aromatic rings. The van der Waals surface area contributed by atoms with Crippen LogP contribution in [0.4, 0.5) is 0 Å². The van der Waals surface area contributed by atoms with Crippen molar-refractivity contribution < 1.29 is 9.90 Å². The molecule has 2 bridgehead atoms. The smallest absolute Gasteiger partial charge is 0.155 e. The van der Waals surface area contributed by atoms with Crippen LogP contribution in [0, 0.1) is 34.5 Å². The van der Waals surface area contributed by atoms with Gasteiger partial charge in [-0.05, 0) is 84.8 Å². The zero-order valence-corrected chi connectivity index (χ0v) is 16.1. The van der Waals surface area contributed by atoms with Crippen molar-refractivity contribution in [1.82, 2.24) is 0 Å². The van der Waals surface area contributed by atoms with Crippen LogP contribution in [0.3, 0.4) is 0 Å². The van der Waals surface area contributed by atoms with E-state index in [4.69, 9.17) is 0 Å². The number of aliphatic hydroxyl groups excluding tert-OH is 1. The standard InChI is InChI=1S/C22H30O2S/c1-13(11-23)16-3-4-17-15-10-20-19-9-14(24)5-8-22(19,12-25-20)18(15)6-7-21(16,17)2/h9,15-18,20,23H,1,3-8,10-12H2,2H3/t15?,16?,17?,18?,20-,21+,22-/m0/s1. The predicted molar refractivity (Wildman–Crippen MR) is 102 cm³/mol. The first-order valence-corrected chi connectivity index (χ1v) is 11.2. The van der Waals surface area contributed by atoms with Crippen molar-refractivity contribution in [2.24, 2.45) is 34.5 Å². The number of thioether (sulfide) groups is 1. The molecule has 5 rings (SSSR count).